The standard InChI is InChI=1S/C24H29N3O6S3.ClH/c1-18-6-8-19(9-7-18)36(31,32)17-10-22(28)27(12-11-26-13-15-33-16-14-26)24-25-23-20(34-24)4-3-5-21(23)35(2,29)30;/h3-9H,10-17H2,1-2H3;1H. The zero-order valence-electron chi connectivity index (χ0n) is 20.6. The fourth-order valence-electron chi connectivity index (χ4n) is 3.94. The summed E-state index contributed by atoms with van der Waals surface area (Å²) >= 11 is 1.22. The van der Waals surface area contributed by atoms with E-state index in [2.05, 4.69) is 9.88 Å². The molecular formula is C24H30ClN3O6S3. The first-order chi connectivity index (χ1) is 17.0. The summed E-state index contributed by atoms with van der Waals surface area (Å²) in [7, 11) is -7.16. The lowest BCUT2D eigenvalue weighted by molar-refractivity contribution is -0.118. The van der Waals surface area contributed by atoms with Crippen molar-refractivity contribution in [2.24, 2.45) is 0 Å². The Bertz CT molecular complexity index is 1450. The zero-order valence-corrected chi connectivity index (χ0v) is 23.9. The fourth-order valence-corrected chi connectivity index (χ4v) is 7.10. The lowest BCUT2D eigenvalue weighted by Crippen LogP contribution is -2.43. The summed E-state index contributed by atoms with van der Waals surface area (Å²) in [5, 5.41) is 0.354. The molecule has 1 fully saturated rings. The van der Waals surface area contributed by atoms with Gasteiger partial charge >= 0.3 is 0 Å². The summed E-state index contributed by atoms with van der Waals surface area (Å²) in [6.07, 6.45) is 0.909. The van der Waals surface area contributed by atoms with Crippen molar-refractivity contribution >= 4 is 64.7 Å². The van der Waals surface area contributed by atoms with Crippen LogP contribution in [0.5, 0.6) is 0 Å². The van der Waals surface area contributed by atoms with E-state index in [0.717, 1.165) is 24.9 Å². The molecule has 13 heteroatoms. The molecule has 0 aliphatic carbocycles. The minimum absolute atomic E-state index is 0. The maximum Gasteiger partial charge on any atom is 0.229 e. The van der Waals surface area contributed by atoms with Crippen LogP contribution < -0.4 is 4.90 Å². The summed E-state index contributed by atoms with van der Waals surface area (Å²) in [5.41, 5.74) is 1.26. The Morgan fingerprint density at radius 2 is 1.76 bits per heavy atom. The second-order valence-corrected chi connectivity index (χ2v) is 13.9. The van der Waals surface area contributed by atoms with Crippen LogP contribution in [0.25, 0.3) is 10.2 Å². The van der Waals surface area contributed by atoms with Gasteiger partial charge in [0.1, 0.15) is 5.52 Å². The van der Waals surface area contributed by atoms with Gasteiger partial charge in [0.05, 0.1) is 33.5 Å². The first-order valence-corrected chi connectivity index (χ1v) is 15.9. The monoisotopic (exact) mass is 587 g/mol. The Morgan fingerprint density at radius 3 is 2.41 bits per heavy atom. The van der Waals surface area contributed by atoms with E-state index in [0.29, 0.717) is 41.7 Å². The van der Waals surface area contributed by atoms with Crippen LogP contribution in [0.2, 0.25) is 0 Å². The first-order valence-electron chi connectivity index (χ1n) is 11.5. The molecule has 1 saturated heterocycles. The highest BCUT2D eigenvalue weighted by molar-refractivity contribution is 7.91. The number of hydrogen-bond acceptors (Lipinski definition) is 9. The number of sulfone groups is 2. The second-order valence-electron chi connectivity index (χ2n) is 8.75. The SMILES string of the molecule is Cc1ccc(S(=O)(=O)CCC(=O)N(CCN2CCOCC2)c2nc3c(S(C)(=O)=O)cccc3s2)cc1.Cl. The van der Waals surface area contributed by atoms with E-state index in [4.69, 9.17) is 4.74 Å². The van der Waals surface area contributed by atoms with E-state index in [1.807, 2.05) is 6.92 Å². The topological polar surface area (TPSA) is 114 Å². The Labute approximate surface area is 227 Å². The van der Waals surface area contributed by atoms with Gasteiger partial charge in [0.25, 0.3) is 0 Å². The molecule has 1 aliphatic heterocycles. The van der Waals surface area contributed by atoms with E-state index >= 15 is 0 Å². The molecule has 0 unspecified atom stereocenters. The number of benzene rings is 2. The van der Waals surface area contributed by atoms with Crippen LogP contribution in [-0.2, 0) is 29.2 Å². The Balaban J connectivity index is 0.00000380. The predicted molar refractivity (Wildman–Crippen MR) is 147 cm³/mol. The number of anilines is 1. The highest BCUT2D eigenvalue weighted by Gasteiger charge is 2.25. The highest BCUT2D eigenvalue weighted by Crippen LogP contribution is 2.33. The lowest BCUT2D eigenvalue weighted by Gasteiger charge is -2.29. The van der Waals surface area contributed by atoms with E-state index in [-0.39, 0.29) is 40.3 Å². The molecule has 2 aromatic carbocycles. The average Bonchev–Trinajstić information content (AvgIpc) is 3.27. The van der Waals surface area contributed by atoms with Gasteiger partial charge < -0.3 is 4.74 Å². The van der Waals surface area contributed by atoms with Gasteiger partial charge in [0, 0.05) is 38.9 Å². The van der Waals surface area contributed by atoms with E-state index in [9.17, 15) is 21.6 Å². The van der Waals surface area contributed by atoms with Crippen LogP contribution in [0.4, 0.5) is 5.13 Å². The number of carbonyl (C=O) groups excluding carboxylic acids is 1. The number of amides is 1. The fraction of sp³-hybridized carbons (Fsp3) is 0.417. The molecule has 0 radical (unpaired) electrons. The number of fused-ring (bicyclic) bond motifs is 1. The number of nitrogens with zero attached hydrogens (tertiary/aromatic N) is 3. The summed E-state index contributed by atoms with van der Waals surface area (Å²) in [4.78, 5) is 21.8. The second kappa shape index (κ2) is 12.2. The minimum Gasteiger partial charge on any atom is -0.379 e. The third-order valence-corrected chi connectivity index (χ3v) is 9.91. The number of carbonyl (C=O) groups is 1. The zero-order chi connectivity index (χ0) is 25.9. The number of rotatable bonds is 9. The van der Waals surface area contributed by atoms with Crippen LogP contribution >= 0.6 is 23.7 Å². The molecule has 0 atom stereocenters. The van der Waals surface area contributed by atoms with Crippen molar-refractivity contribution in [2.45, 2.75) is 23.1 Å². The third-order valence-electron chi connectivity index (χ3n) is 6.01. The molecule has 0 saturated carbocycles. The maximum atomic E-state index is 13.4. The molecule has 1 aromatic heterocycles. The first kappa shape index (κ1) is 29.5. The molecule has 2 heterocycles. The van der Waals surface area contributed by atoms with Gasteiger partial charge in [0.2, 0.25) is 5.91 Å². The minimum atomic E-state index is -3.64. The molecular weight excluding hydrogens is 558 g/mol. The number of thiazole rings is 1. The van der Waals surface area contributed by atoms with Gasteiger partial charge in [-0.1, -0.05) is 35.1 Å². The van der Waals surface area contributed by atoms with Crippen molar-refractivity contribution < 1.29 is 26.4 Å². The van der Waals surface area contributed by atoms with Crippen LogP contribution in [-0.4, -0.2) is 84.0 Å². The normalized spacial score (nSPS) is 14.9. The summed E-state index contributed by atoms with van der Waals surface area (Å²) in [6.45, 7) is 5.44. The molecule has 3 aromatic rings. The Kier molecular flexibility index (Phi) is 9.70. The molecule has 0 N–H and O–H groups in total. The Morgan fingerprint density at radius 1 is 1.08 bits per heavy atom. The van der Waals surface area contributed by atoms with Crippen molar-refractivity contribution in [3.63, 3.8) is 0 Å². The van der Waals surface area contributed by atoms with Crippen molar-refractivity contribution in [2.75, 3.05) is 56.3 Å². The van der Waals surface area contributed by atoms with Crippen molar-refractivity contribution in [3.05, 3.63) is 48.0 Å². The summed E-state index contributed by atoms with van der Waals surface area (Å²) < 4.78 is 56.2. The number of halogens is 1. The molecule has 1 amide bonds. The van der Waals surface area contributed by atoms with Crippen LogP contribution in [0.1, 0.15) is 12.0 Å². The van der Waals surface area contributed by atoms with Gasteiger partial charge in [-0.25, -0.2) is 21.8 Å². The molecule has 0 bridgehead atoms. The molecule has 9 nitrogen and oxygen atoms in total. The van der Waals surface area contributed by atoms with Crippen LogP contribution in [0.15, 0.2) is 52.3 Å². The van der Waals surface area contributed by atoms with E-state index < -0.39 is 19.7 Å². The number of aromatic nitrogens is 1. The summed E-state index contributed by atoms with van der Waals surface area (Å²) in [6, 6.07) is 11.5. The lowest BCUT2D eigenvalue weighted by atomic mass is 10.2. The van der Waals surface area contributed by atoms with Gasteiger partial charge in [-0.15, -0.1) is 12.4 Å². The van der Waals surface area contributed by atoms with E-state index in [1.54, 1.807) is 36.4 Å². The molecule has 0 spiro atoms. The molecule has 4 rings (SSSR count). The van der Waals surface area contributed by atoms with Crippen molar-refractivity contribution in [1.29, 1.82) is 0 Å². The van der Waals surface area contributed by atoms with Crippen molar-refractivity contribution in [1.82, 2.24) is 9.88 Å². The van der Waals surface area contributed by atoms with Gasteiger partial charge in [0.15, 0.2) is 24.8 Å². The maximum absolute atomic E-state index is 13.4. The number of aryl methyl sites for hydroxylation is 1. The average molecular weight is 588 g/mol. The third kappa shape index (κ3) is 7.27. The molecule has 37 heavy (non-hydrogen) atoms. The van der Waals surface area contributed by atoms with Crippen LogP contribution in [0.3, 0.4) is 0 Å². The number of morpholine rings is 1. The van der Waals surface area contributed by atoms with Gasteiger partial charge in [-0.3, -0.25) is 14.6 Å². The van der Waals surface area contributed by atoms with Crippen LogP contribution in [0, 0.1) is 6.92 Å². The smallest absolute Gasteiger partial charge is 0.229 e. The molecule has 1 aliphatic rings. The summed E-state index contributed by atoms with van der Waals surface area (Å²) in [5.74, 6) is -0.707. The largest absolute Gasteiger partial charge is 0.379 e. The number of para-hydroxylation sites is 1. The molecule has 202 valence electrons. The quantitative estimate of drug-likeness (QED) is 0.375. The van der Waals surface area contributed by atoms with Gasteiger partial charge in [-0.05, 0) is 31.2 Å². The Hall–Kier alpha value is -2.09. The highest BCUT2D eigenvalue weighted by atomic mass is 35.5. The van der Waals surface area contributed by atoms with Crippen molar-refractivity contribution in [3.8, 4) is 0 Å². The number of hydrogen-bond donors (Lipinski definition) is 0. The predicted octanol–water partition coefficient (Wildman–Crippen LogP) is 2.96. The number of ether oxygens (including phenoxy) is 1. The van der Waals surface area contributed by atoms with Gasteiger partial charge in [-0.2, -0.15) is 0 Å². The van der Waals surface area contributed by atoms with E-state index in [1.165, 1.54) is 22.3 Å².